The first-order valence-corrected chi connectivity index (χ1v) is 6.31. The molecule has 0 spiro atoms. The fourth-order valence-corrected chi connectivity index (χ4v) is 2.69. The van der Waals surface area contributed by atoms with Gasteiger partial charge in [-0.25, -0.2) is 4.39 Å². The van der Waals surface area contributed by atoms with E-state index in [9.17, 15) is 9.50 Å². The predicted molar refractivity (Wildman–Crippen MR) is 64.2 cm³/mol. The van der Waals surface area contributed by atoms with Crippen LogP contribution >= 0.6 is 0 Å². The van der Waals surface area contributed by atoms with Crippen LogP contribution in [0.15, 0.2) is 18.2 Å². The zero-order chi connectivity index (χ0) is 12.0. The summed E-state index contributed by atoms with van der Waals surface area (Å²) in [7, 11) is 0. The number of likely N-dealkylation sites (tertiary alicyclic amines) is 1. The van der Waals surface area contributed by atoms with Gasteiger partial charge in [0, 0.05) is 19.1 Å². The van der Waals surface area contributed by atoms with Crippen molar-refractivity contribution >= 4 is 0 Å². The van der Waals surface area contributed by atoms with Gasteiger partial charge in [0.15, 0.2) is 0 Å². The van der Waals surface area contributed by atoms with Crippen LogP contribution in [0.3, 0.4) is 0 Å². The van der Waals surface area contributed by atoms with E-state index in [1.54, 1.807) is 13.0 Å². The van der Waals surface area contributed by atoms with Crippen molar-refractivity contribution in [3.05, 3.63) is 35.1 Å². The molecule has 1 unspecified atom stereocenters. The molecule has 1 aromatic carbocycles. The molecule has 1 aromatic rings. The smallest absolute Gasteiger partial charge is 0.126 e. The van der Waals surface area contributed by atoms with Gasteiger partial charge >= 0.3 is 0 Å². The Morgan fingerprint density at radius 1 is 1.41 bits per heavy atom. The first kappa shape index (κ1) is 11.2. The van der Waals surface area contributed by atoms with Crippen LogP contribution in [-0.4, -0.2) is 29.1 Å². The van der Waals surface area contributed by atoms with Gasteiger partial charge in [-0.05, 0) is 43.4 Å². The summed E-state index contributed by atoms with van der Waals surface area (Å²) < 4.78 is 13.5. The van der Waals surface area contributed by atoms with Crippen molar-refractivity contribution in [2.75, 3.05) is 13.1 Å². The van der Waals surface area contributed by atoms with Gasteiger partial charge < -0.3 is 5.11 Å². The molecule has 0 amide bonds. The number of aryl methyl sites for hydroxylation is 1. The molecular weight excluding hydrogens is 217 g/mol. The minimum atomic E-state index is -0.850. The van der Waals surface area contributed by atoms with E-state index in [-0.39, 0.29) is 5.82 Å². The fourth-order valence-electron chi connectivity index (χ4n) is 2.69. The summed E-state index contributed by atoms with van der Waals surface area (Å²) in [4.78, 5) is 2.33. The molecule has 2 fully saturated rings. The Balaban J connectivity index is 1.84. The third kappa shape index (κ3) is 1.98. The van der Waals surface area contributed by atoms with Gasteiger partial charge in [0.2, 0.25) is 0 Å². The molecule has 0 aromatic heterocycles. The van der Waals surface area contributed by atoms with Crippen LogP contribution in [0.2, 0.25) is 0 Å². The fraction of sp³-hybridized carbons (Fsp3) is 0.571. The van der Waals surface area contributed by atoms with E-state index < -0.39 is 5.60 Å². The van der Waals surface area contributed by atoms with Crippen LogP contribution in [0.4, 0.5) is 4.39 Å². The molecule has 2 aliphatic rings. The minimum Gasteiger partial charge on any atom is -0.384 e. The van der Waals surface area contributed by atoms with Gasteiger partial charge in [0.1, 0.15) is 11.4 Å². The Hall–Kier alpha value is -0.930. The maximum atomic E-state index is 13.5. The molecule has 3 rings (SSSR count). The summed E-state index contributed by atoms with van der Waals surface area (Å²) in [6, 6.07) is 5.77. The summed E-state index contributed by atoms with van der Waals surface area (Å²) in [5, 5.41) is 10.6. The molecule has 92 valence electrons. The molecule has 1 heterocycles. The molecule has 0 radical (unpaired) electrons. The van der Waals surface area contributed by atoms with E-state index in [1.807, 2.05) is 6.07 Å². The highest BCUT2D eigenvalue weighted by atomic mass is 19.1. The minimum absolute atomic E-state index is 0.221. The van der Waals surface area contributed by atoms with Crippen LogP contribution in [0.5, 0.6) is 0 Å². The van der Waals surface area contributed by atoms with Crippen LogP contribution in [0.25, 0.3) is 0 Å². The van der Waals surface area contributed by atoms with Crippen molar-refractivity contribution in [3.8, 4) is 0 Å². The number of β-amino-alcohol motifs (C(OH)–C–C–N with tert-alkyl or cyclic N) is 1. The second-order valence-electron chi connectivity index (χ2n) is 5.45. The van der Waals surface area contributed by atoms with E-state index in [0.29, 0.717) is 24.6 Å². The molecule has 0 bridgehead atoms. The highest BCUT2D eigenvalue weighted by molar-refractivity contribution is 5.29. The summed E-state index contributed by atoms with van der Waals surface area (Å²) in [5.74, 6) is -0.221. The molecule has 1 saturated carbocycles. The Labute approximate surface area is 101 Å². The maximum absolute atomic E-state index is 13.5. The molecule has 1 aliphatic carbocycles. The highest BCUT2D eigenvalue weighted by Crippen LogP contribution is 2.38. The third-order valence-electron chi connectivity index (χ3n) is 4.05. The van der Waals surface area contributed by atoms with E-state index in [1.165, 1.54) is 18.9 Å². The molecule has 1 atom stereocenters. The lowest BCUT2D eigenvalue weighted by molar-refractivity contribution is 0.0449. The van der Waals surface area contributed by atoms with Gasteiger partial charge in [0.25, 0.3) is 0 Å². The van der Waals surface area contributed by atoms with E-state index in [4.69, 9.17) is 0 Å². The quantitative estimate of drug-likeness (QED) is 0.849. The number of rotatable bonds is 2. The topological polar surface area (TPSA) is 23.5 Å². The van der Waals surface area contributed by atoms with Crippen molar-refractivity contribution in [2.45, 2.75) is 37.8 Å². The third-order valence-corrected chi connectivity index (χ3v) is 4.05. The van der Waals surface area contributed by atoms with Crippen molar-refractivity contribution < 1.29 is 9.50 Å². The van der Waals surface area contributed by atoms with Gasteiger partial charge in [-0.1, -0.05) is 12.1 Å². The normalized spacial score (nSPS) is 29.8. The van der Waals surface area contributed by atoms with Crippen LogP contribution in [-0.2, 0) is 5.60 Å². The summed E-state index contributed by atoms with van der Waals surface area (Å²) in [6.07, 6.45) is 3.21. The predicted octanol–water partition coefficient (Wildman–Crippen LogP) is 2.19. The van der Waals surface area contributed by atoms with Crippen molar-refractivity contribution in [3.63, 3.8) is 0 Å². The standard InChI is InChI=1S/C14H18FNO/c1-10-2-3-11(8-13(10)15)14(17)6-7-16(9-14)12-4-5-12/h2-3,8,12,17H,4-7,9H2,1H3. The van der Waals surface area contributed by atoms with Gasteiger partial charge in [0.05, 0.1) is 0 Å². The second-order valence-corrected chi connectivity index (χ2v) is 5.45. The van der Waals surface area contributed by atoms with Crippen LogP contribution in [0.1, 0.15) is 30.4 Å². The van der Waals surface area contributed by atoms with E-state index in [0.717, 1.165) is 12.1 Å². The average molecular weight is 235 g/mol. The van der Waals surface area contributed by atoms with E-state index >= 15 is 0 Å². The Morgan fingerprint density at radius 2 is 2.18 bits per heavy atom. The monoisotopic (exact) mass is 235 g/mol. The lowest BCUT2D eigenvalue weighted by Gasteiger charge is -2.24. The number of benzene rings is 1. The highest BCUT2D eigenvalue weighted by Gasteiger charge is 2.43. The molecule has 1 N–H and O–H groups in total. The number of aliphatic hydroxyl groups is 1. The van der Waals surface area contributed by atoms with Gasteiger partial charge in [-0.2, -0.15) is 0 Å². The lowest BCUT2D eigenvalue weighted by atomic mass is 9.92. The number of hydrogen-bond donors (Lipinski definition) is 1. The number of nitrogens with zero attached hydrogens (tertiary/aromatic N) is 1. The summed E-state index contributed by atoms with van der Waals surface area (Å²) in [5.41, 5.74) is 0.509. The SMILES string of the molecule is Cc1ccc(C2(O)CCN(C3CC3)C2)cc1F. The van der Waals surface area contributed by atoms with Gasteiger partial charge in [-0.15, -0.1) is 0 Å². The maximum Gasteiger partial charge on any atom is 0.126 e. The van der Waals surface area contributed by atoms with Crippen LogP contribution in [0, 0.1) is 12.7 Å². The zero-order valence-electron chi connectivity index (χ0n) is 10.1. The number of hydrogen-bond acceptors (Lipinski definition) is 2. The van der Waals surface area contributed by atoms with E-state index in [2.05, 4.69) is 4.90 Å². The van der Waals surface area contributed by atoms with Crippen molar-refractivity contribution in [2.24, 2.45) is 0 Å². The van der Waals surface area contributed by atoms with Crippen molar-refractivity contribution in [1.82, 2.24) is 4.90 Å². The molecule has 1 saturated heterocycles. The van der Waals surface area contributed by atoms with Crippen molar-refractivity contribution in [1.29, 1.82) is 0 Å². The lowest BCUT2D eigenvalue weighted by Crippen LogP contribution is -2.31. The molecular formula is C14H18FNO. The molecule has 2 nitrogen and oxygen atoms in total. The molecule has 1 aliphatic heterocycles. The Kier molecular flexibility index (Phi) is 2.49. The average Bonchev–Trinajstić information content (AvgIpc) is 3.07. The first-order chi connectivity index (χ1) is 8.08. The summed E-state index contributed by atoms with van der Waals surface area (Å²) in [6.45, 7) is 3.32. The first-order valence-electron chi connectivity index (χ1n) is 6.31. The number of halogens is 1. The Bertz CT molecular complexity index is 444. The van der Waals surface area contributed by atoms with Crippen LogP contribution < -0.4 is 0 Å². The zero-order valence-corrected chi connectivity index (χ0v) is 10.1. The molecule has 3 heteroatoms. The summed E-state index contributed by atoms with van der Waals surface area (Å²) >= 11 is 0. The molecule has 17 heavy (non-hydrogen) atoms. The van der Waals surface area contributed by atoms with Gasteiger partial charge in [-0.3, -0.25) is 4.90 Å². The Morgan fingerprint density at radius 3 is 2.82 bits per heavy atom. The second kappa shape index (κ2) is 3.79. The largest absolute Gasteiger partial charge is 0.384 e.